The van der Waals surface area contributed by atoms with Gasteiger partial charge in [-0.25, -0.2) is 8.42 Å². The number of para-hydroxylation sites is 1. The lowest BCUT2D eigenvalue weighted by atomic mass is 9.96. The number of hydrogen-bond donors (Lipinski definition) is 6. The molecular weight excluding hydrogens is 714 g/mol. The molecule has 1 aliphatic heterocycles. The maximum absolute atomic E-state index is 13.7. The molecule has 2 aromatic carbocycles. The van der Waals surface area contributed by atoms with E-state index in [1.807, 2.05) is 36.5 Å². The molecule has 3 aromatic rings. The van der Waals surface area contributed by atoms with Crippen LogP contribution in [-0.2, 0) is 31.8 Å². The van der Waals surface area contributed by atoms with Crippen LogP contribution < -0.4 is 10.1 Å². The van der Waals surface area contributed by atoms with Gasteiger partial charge in [0.1, 0.15) is 24.1 Å². The summed E-state index contributed by atoms with van der Waals surface area (Å²) in [6, 6.07) is 14.5. The first-order valence-electron chi connectivity index (χ1n) is 17.3. The smallest absolute Gasteiger partial charge is 0.243 e. The highest BCUT2D eigenvalue weighted by molar-refractivity contribution is 7.89. The van der Waals surface area contributed by atoms with Crippen molar-refractivity contribution in [3.05, 3.63) is 89.2 Å². The van der Waals surface area contributed by atoms with Gasteiger partial charge in [0, 0.05) is 48.2 Å². The minimum absolute atomic E-state index is 0.0805. The quantitative estimate of drug-likeness (QED) is 0.111. The molecule has 3 fully saturated rings. The van der Waals surface area contributed by atoms with Gasteiger partial charge >= 0.3 is 0 Å². The second kappa shape index (κ2) is 16.3. The van der Waals surface area contributed by atoms with Crippen LogP contribution in [0.25, 0.3) is 11.1 Å². The van der Waals surface area contributed by atoms with Crippen LogP contribution in [0.15, 0.2) is 78.0 Å². The lowest BCUT2D eigenvalue weighted by molar-refractivity contribution is -0.122. The minimum atomic E-state index is -3.90. The molecule has 0 bridgehead atoms. The highest BCUT2D eigenvalue weighted by Crippen LogP contribution is 2.53. The number of hydrogen-bond acceptors (Lipinski definition) is 11. The first-order valence-corrected chi connectivity index (χ1v) is 19.2. The molecule has 3 aliphatic rings. The SMILES string of the molecule is O=C(/C=C/C1CCN(S(=O)(=O)c2ccc(Cl)c(COC3(c4cnccc4-c4ccccc4OC4CC4)CC3)c2)C1)NCC(O)C(O)C(O)C(O)CO. The summed E-state index contributed by atoms with van der Waals surface area (Å²) in [4.78, 5) is 16.8. The van der Waals surface area contributed by atoms with Crippen LogP contribution in [0.1, 0.15) is 43.2 Å². The number of sulfonamides is 1. The van der Waals surface area contributed by atoms with Gasteiger partial charge in [-0.2, -0.15) is 4.31 Å². The molecule has 0 radical (unpaired) electrons. The number of aliphatic hydroxyl groups excluding tert-OH is 5. The van der Waals surface area contributed by atoms with Gasteiger partial charge in [0.05, 0.1) is 35.9 Å². The zero-order valence-corrected chi connectivity index (χ0v) is 30.0. The van der Waals surface area contributed by atoms with Crippen molar-refractivity contribution in [3.63, 3.8) is 0 Å². The molecule has 1 saturated heterocycles. The maximum Gasteiger partial charge on any atom is 0.243 e. The summed E-state index contributed by atoms with van der Waals surface area (Å²) in [7, 11) is -3.90. The first-order chi connectivity index (χ1) is 24.9. The number of nitrogens with one attached hydrogen (secondary N) is 1. The fraction of sp³-hybridized carbons (Fsp3) is 0.459. The third kappa shape index (κ3) is 8.84. The van der Waals surface area contributed by atoms with Crippen molar-refractivity contribution < 1.29 is 48.2 Å². The van der Waals surface area contributed by atoms with Crippen molar-refractivity contribution >= 4 is 27.5 Å². The minimum Gasteiger partial charge on any atom is -0.490 e. The van der Waals surface area contributed by atoms with Crippen molar-refractivity contribution in [2.45, 2.75) is 79.7 Å². The summed E-state index contributed by atoms with van der Waals surface area (Å²) in [5.41, 5.74) is 2.83. The van der Waals surface area contributed by atoms with E-state index in [4.69, 9.17) is 26.2 Å². The number of amides is 1. The van der Waals surface area contributed by atoms with Crippen molar-refractivity contribution in [1.29, 1.82) is 0 Å². The normalized spacial score (nSPS) is 21.1. The van der Waals surface area contributed by atoms with E-state index in [1.165, 1.54) is 16.4 Å². The summed E-state index contributed by atoms with van der Waals surface area (Å²) in [5.74, 6) is -0.0340. The highest BCUT2D eigenvalue weighted by Gasteiger charge is 2.48. The van der Waals surface area contributed by atoms with E-state index in [0.717, 1.165) is 48.1 Å². The molecule has 280 valence electrons. The largest absolute Gasteiger partial charge is 0.490 e. The van der Waals surface area contributed by atoms with E-state index >= 15 is 0 Å². The van der Waals surface area contributed by atoms with Gasteiger partial charge in [0.2, 0.25) is 15.9 Å². The molecule has 13 nitrogen and oxygen atoms in total. The van der Waals surface area contributed by atoms with Gasteiger partial charge in [-0.1, -0.05) is 35.9 Å². The predicted octanol–water partition coefficient (Wildman–Crippen LogP) is 2.27. The summed E-state index contributed by atoms with van der Waals surface area (Å²) < 4.78 is 41.5. The van der Waals surface area contributed by atoms with Crippen molar-refractivity contribution in [1.82, 2.24) is 14.6 Å². The topological polar surface area (TPSA) is 199 Å². The lowest BCUT2D eigenvalue weighted by Crippen LogP contribution is -2.49. The van der Waals surface area contributed by atoms with Crippen molar-refractivity contribution in [3.8, 4) is 16.9 Å². The van der Waals surface area contributed by atoms with Crippen LogP contribution in [0, 0.1) is 5.92 Å². The Morgan fingerprint density at radius 3 is 2.52 bits per heavy atom. The Morgan fingerprint density at radius 2 is 1.79 bits per heavy atom. The van der Waals surface area contributed by atoms with E-state index in [1.54, 1.807) is 24.4 Å². The first kappa shape index (κ1) is 38.3. The van der Waals surface area contributed by atoms with E-state index in [9.17, 15) is 33.6 Å². The third-order valence-electron chi connectivity index (χ3n) is 9.69. The van der Waals surface area contributed by atoms with E-state index in [0.29, 0.717) is 17.0 Å². The third-order valence-corrected chi connectivity index (χ3v) is 11.9. The molecule has 2 heterocycles. The number of pyridine rings is 1. The Morgan fingerprint density at radius 1 is 1.04 bits per heavy atom. The van der Waals surface area contributed by atoms with E-state index in [-0.39, 0.29) is 36.6 Å². The zero-order valence-electron chi connectivity index (χ0n) is 28.4. The number of aliphatic hydroxyl groups is 5. The second-order valence-electron chi connectivity index (χ2n) is 13.6. The Kier molecular flexibility index (Phi) is 12.0. The number of benzene rings is 2. The maximum atomic E-state index is 13.7. The average molecular weight is 758 g/mol. The summed E-state index contributed by atoms with van der Waals surface area (Å²) >= 11 is 6.57. The number of nitrogens with zero attached hydrogens (tertiary/aromatic N) is 2. The van der Waals surface area contributed by atoms with Gasteiger partial charge in [-0.05, 0) is 85.6 Å². The molecule has 15 heteroatoms. The van der Waals surface area contributed by atoms with Crippen molar-refractivity contribution in [2.75, 3.05) is 26.2 Å². The molecule has 1 aromatic heterocycles. The van der Waals surface area contributed by atoms with Crippen molar-refractivity contribution in [2.24, 2.45) is 5.92 Å². The Balaban J connectivity index is 1.07. The fourth-order valence-electron chi connectivity index (χ4n) is 6.24. The number of aromatic nitrogens is 1. The van der Waals surface area contributed by atoms with Crippen LogP contribution in [0.4, 0.5) is 0 Å². The second-order valence-corrected chi connectivity index (χ2v) is 15.9. The number of carbonyl (C=O) groups is 1. The molecule has 2 aliphatic carbocycles. The van der Waals surface area contributed by atoms with Crippen LogP contribution in [0.5, 0.6) is 5.75 Å². The summed E-state index contributed by atoms with van der Waals surface area (Å²) in [6.07, 6.45) is 3.86. The molecule has 6 N–H and O–H groups in total. The molecule has 52 heavy (non-hydrogen) atoms. The fourth-order valence-corrected chi connectivity index (χ4v) is 7.98. The van der Waals surface area contributed by atoms with Gasteiger partial charge in [0.15, 0.2) is 0 Å². The van der Waals surface area contributed by atoms with Crippen LogP contribution in [0.2, 0.25) is 5.02 Å². The molecule has 1 amide bonds. The Labute approximate surface area is 307 Å². The summed E-state index contributed by atoms with van der Waals surface area (Å²) in [6.45, 7) is -0.775. The van der Waals surface area contributed by atoms with E-state index in [2.05, 4.69) is 10.3 Å². The zero-order chi connectivity index (χ0) is 37.0. The van der Waals surface area contributed by atoms with Crippen LogP contribution >= 0.6 is 11.6 Å². The standard InChI is InChI=1S/C37H44ClN3O10S/c38-30-9-8-26(52(48,49)41-16-12-23(20-41)5-10-34(45)40-19-31(43)35(46)36(47)32(44)21-42)17-24(30)22-50-37(13-14-37)29-18-39-15-11-27(29)28-3-1-2-4-33(28)51-25-6-7-25/h1-5,8-11,15,17-18,23,25,31-32,35-36,42-44,46-47H,6-7,12-14,16,19-22H2,(H,40,45)/b10-5+. The number of halogens is 1. The summed E-state index contributed by atoms with van der Waals surface area (Å²) in [5, 5.41) is 50.7. The molecular formula is C37H44ClN3O10S. The van der Waals surface area contributed by atoms with Gasteiger partial charge in [-0.15, -0.1) is 0 Å². The molecule has 2 saturated carbocycles. The molecule has 5 unspecified atom stereocenters. The molecule has 6 rings (SSSR count). The Hall–Kier alpha value is -3.44. The molecule has 0 spiro atoms. The number of rotatable bonds is 17. The molecule has 5 atom stereocenters. The van der Waals surface area contributed by atoms with Gasteiger partial charge < -0.3 is 40.3 Å². The average Bonchev–Trinajstić information content (AvgIpc) is 4.09. The highest BCUT2D eigenvalue weighted by atomic mass is 35.5. The van der Waals surface area contributed by atoms with Crippen LogP contribution in [-0.4, -0.2) is 106 Å². The Bertz CT molecular complexity index is 1870. The lowest BCUT2D eigenvalue weighted by Gasteiger charge is -2.25. The number of ether oxygens (including phenoxy) is 2. The van der Waals surface area contributed by atoms with E-state index < -0.39 is 59.1 Å². The van der Waals surface area contributed by atoms with Crippen LogP contribution in [0.3, 0.4) is 0 Å². The van der Waals surface area contributed by atoms with Gasteiger partial charge in [-0.3, -0.25) is 9.78 Å². The number of carbonyl (C=O) groups excluding carboxylic acids is 1. The monoisotopic (exact) mass is 757 g/mol. The van der Waals surface area contributed by atoms with Gasteiger partial charge in [0.25, 0.3) is 0 Å². The predicted molar refractivity (Wildman–Crippen MR) is 191 cm³/mol.